The van der Waals surface area contributed by atoms with Crippen LogP contribution in [0, 0.1) is 0 Å². The number of hydrogen-bond acceptors (Lipinski definition) is 5. The van der Waals surface area contributed by atoms with E-state index in [1.165, 1.54) is 6.33 Å². The van der Waals surface area contributed by atoms with Crippen molar-refractivity contribution >= 4 is 17.3 Å². The molecule has 0 saturated carbocycles. The van der Waals surface area contributed by atoms with Crippen LogP contribution in [0.1, 0.15) is 6.92 Å². The lowest BCUT2D eigenvalue weighted by Crippen LogP contribution is -2.03. The smallest absolute Gasteiger partial charge is 0.343 e. The van der Waals surface area contributed by atoms with E-state index in [0.717, 1.165) is 5.84 Å². The van der Waals surface area contributed by atoms with Crippen LogP contribution in [0.25, 0.3) is 0 Å². The lowest BCUT2D eigenvalue weighted by Gasteiger charge is -1.90. The first kappa shape index (κ1) is 6.09. The third-order valence-electron chi connectivity index (χ3n) is 1.39. The number of nitrogens with zero attached hydrogens (tertiary/aromatic N) is 3. The number of fused-ring (bicyclic) bond motifs is 1. The van der Waals surface area contributed by atoms with E-state index in [2.05, 4.69) is 20.3 Å². The van der Waals surface area contributed by atoms with Crippen LogP contribution >= 0.6 is 0 Å². The van der Waals surface area contributed by atoms with Crippen LogP contribution in [0.4, 0.5) is 11.5 Å². The molecule has 11 heavy (non-hydrogen) atoms. The highest BCUT2D eigenvalue weighted by atomic mass is 16.3. The number of amidine groups is 1. The van der Waals surface area contributed by atoms with Crippen molar-refractivity contribution in [1.29, 1.82) is 0 Å². The van der Waals surface area contributed by atoms with Crippen LogP contribution in [0.2, 0.25) is 0 Å². The summed E-state index contributed by atoms with van der Waals surface area (Å²) in [6.45, 7) is 1.79. The Labute approximate surface area is 62.8 Å². The molecule has 1 aliphatic heterocycles. The van der Waals surface area contributed by atoms with Crippen LogP contribution in [-0.2, 0) is 0 Å². The minimum Gasteiger partial charge on any atom is -0.491 e. The molecule has 0 spiro atoms. The molecule has 1 aromatic rings. The Balaban J connectivity index is 2.59. The van der Waals surface area contributed by atoms with E-state index in [1.54, 1.807) is 6.92 Å². The number of anilines is 1. The van der Waals surface area contributed by atoms with Gasteiger partial charge in [-0.3, -0.25) is 5.32 Å². The summed E-state index contributed by atoms with van der Waals surface area (Å²) in [5.41, 5.74) is 0.491. The van der Waals surface area contributed by atoms with Crippen LogP contribution in [0.15, 0.2) is 6.33 Å². The molecule has 2 N–H and O–H groups in total. The number of aromatic nitrogens is 2. The van der Waals surface area contributed by atoms with Gasteiger partial charge in [-0.1, -0.05) is 9.98 Å². The van der Waals surface area contributed by atoms with Gasteiger partial charge in [-0.2, -0.15) is 4.98 Å². The lowest BCUT2D eigenvalue weighted by atomic mass is 10.5. The van der Waals surface area contributed by atoms with Crippen LogP contribution < -0.4 is 10.3 Å². The van der Waals surface area contributed by atoms with Crippen molar-refractivity contribution < 1.29 is 5.11 Å². The standard InChI is InChI=1S/C6H6N4O/c1-3-9-4-5(10-3)7-2-8-6(4)11/h2,9H,1H3,(H,7,8,11)/q+1. The molecule has 0 fully saturated rings. The molecule has 0 bridgehead atoms. The van der Waals surface area contributed by atoms with Crippen molar-refractivity contribution in [2.45, 2.75) is 6.92 Å². The average Bonchev–Trinajstić information content (AvgIpc) is 2.31. The van der Waals surface area contributed by atoms with Crippen molar-refractivity contribution in [2.75, 3.05) is 5.32 Å². The summed E-state index contributed by atoms with van der Waals surface area (Å²) >= 11 is 0. The molecule has 2 heterocycles. The van der Waals surface area contributed by atoms with Gasteiger partial charge in [0.05, 0.1) is 0 Å². The molecule has 55 valence electrons. The summed E-state index contributed by atoms with van der Waals surface area (Å²) in [7, 11) is 0. The first-order chi connectivity index (χ1) is 5.27. The largest absolute Gasteiger partial charge is 0.491 e. The molecule has 1 aromatic heterocycles. The van der Waals surface area contributed by atoms with E-state index in [-0.39, 0.29) is 5.88 Å². The second-order valence-corrected chi connectivity index (χ2v) is 2.22. The third-order valence-corrected chi connectivity index (χ3v) is 1.39. The zero-order valence-electron chi connectivity index (χ0n) is 5.87. The highest BCUT2D eigenvalue weighted by molar-refractivity contribution is 6.02. The van der Waals surface area contributed by atoms with Crippen molar-refractivity contribution in [1.82, 2.24) is 15.0 Å². The number of aromatic hydroxyl groups is 1. The Kier molecular flexibility index (Phi) is 1.06. The molecular weight excluding hydrogens is 144 g/mol. The van der Waals surface area contributed by atoms with E-state index in [4.69, 9.17) is 5.11 Å². The van der Waals surface area contributed by atoms with Gasteiger partial charge < -0.3 is 5.11 Å². The fraction of sp³-hybridized carbons (Fsp3) is 0.167. The first-order valence-electron chi connectivity index (χ1n) is 3.13. The molecule has 5 nitrogen and oxygen atoms in total. The molecular formula is C6H6N4O+. The van der Waals surface area contributed by atoms with Gasteiger partial charge in [0.25, 0.3) is 5.88 Å². The van der Waals surface area contributed by atoms with Crippen molar-refractivity contribution in [3.63, 3.8) is 0 Å². The second-order valence-electron chi connectivity index (χ2n) is 2.22. The van der Waals surface area contributed by atoms with Crippen LogP contribution in [-0.4, -0.2) is 20.9 Å². The summed E-state index contributed by atoms with van der Waals surface area (Å²) < 4.78 is 0. The summed E-state index contributed by atoms with van der Waals surface area (Å²) in [5.74, 6) is 1.15. The minimum absolute atomic E-state index is 0.0596. The SMILES string of the molecule is CC1=[N+]c2ncnc(O)c2N1. The number of aliphatic imine (C=N–C) groups is 1. The Morgan fingerprint density at radius 2 is 2.36 bits per heavy atom. The van der Waals surface area contributed by atoms with E-state index < -0.39 is 0 Å². The molecule has 1 radical (unpaired) electrons. The van der Waals surface area contributed by atoms with Gasteiger partial charge in [-0.05, 0) is 0 Å². The van der Waals surface area contributed by atoms with E-state index >= 15 is 0 Å². The van der Waals surface area contributed by atoms with Crippen LogP contribution in [0.5, 0.6) is 5.88 Å². The van der Waals surface area contributed by atoms with E-state index in [1.807, 2.05) is 0 Å². The Morgan fingerprint density at radius 1 is 1.55 bits per heavy atom. The monoisotopic (exact) mass is 150 g/mol. The zero-order valence-corrected chi connectivity index (χ0v) is 5.87. The average molecular weight is 150 g/mol. The van der Waals surface area contributed by atoms with Gasteiger partial charge in [-0.25, -0.2) is 0 Å². The molecule has 1 aliphatic rings. The third kappa shape index (κ3) is 0.813. The summed E-state index contributed by atoms with van der Waals surface area (Å²) in [6.07, 6.45) is 1.28. The minimum atomic E-state index is -0.0596. The number of rotatable bonds is 0. The molecule has 0 amide bonds. The van der Waals surface area contributed by atoms with Crippen LogP contribution in [0.3, 0.4) is 0 Å². The van der Waals surface area contributed by atoms with Crippen molar-refractivity contribution in [3.8, 4) is 5.88 Å². The second kappa shape index (κ2) is 1.91. The predicted octanol–water partition coefficient (Wildman–Crippen LogP) is -0.00660. The maximum Gasteiger partial charge on any atom is 0.343 e. The molecule has 0 unspecified atom stereocenters. The molecule has 0 saturated heterocycles. The summed E-state index contributed by atoms with van der Waals surface area (Å²) in [6, 6.07) is 0. The normalized spacial score (nSPS) is 13.7. The topological polar surface area (TPSA) is 72.1 Å². The number of hydrogen-bond donors (Lipinski definition) is 2. The highest BCUT2D eigenvalue weighted by Crippen LogP contribution is 2.28. The van der Waals surface area contributed by atoms with Gasteiger partial charge in [0, 0.05) is 6.92 Å². The van der Waals surface area contributed by atoms with Crippen molar-refractivity contribution in [2.24, 2.45) is 0 Å². The van der Waals surface area contributed by atoms with E-state index in [0.29, 0.717) is 11.5 Å². The Bertz CT molecular complexity index is 333. The number of nitrogens with one attached hydrogen (secondary N) is 1. The Morgan fingerprint density at radius 3 is 3.09 bits per heavy atom. The quantitative estimate of drug-likeness (QED) is 0.545. The fourth-order valence-electron chi connectivity index (χ4n) is 0.932. The van der Waals surface area contributed by atoms with Gasteiger partial charge in [0.2, 0.25) is 11.5 Å². The highest BCUT2D eigenvalue weighted by Gasteiger charge is 2.25. The molecule has 5 heteroatoms. The van der Waals surface area contributed by atoms with E-state index in [9.17, 15) is 0 Å². The Hall–Kier alpha value is -1.65. The van der Waals surface area contributed by atoms with Gasteiger partial charge in [0.1, 0.15) is 0 Å². The first-order valence-corrected chi connectivity index (χ1v) is 3.13. The lowest BCUT2D eigenvalue weighted by molar-refractivity contribution is 0.455. The maximum absolute atomic E-state index is 9.16. The summed E-state index contributed by atoms with van der Waals surface area (Å²) in [5, 5.41) is 12.0. The fourth-order valence-corrected chi connectivity index (χ4v) is 0.932. The molecule has 0 aliphatic carbocycles. The molecule has 2 rings (SSSR count). The van der Waals surface area contributed by atoms with Gasteiger partial charge in [-0.15, -0.1) is 0 Å². The molecule has 0 aromatic carbocycles. The maximum atomic E-state index is 9.16. The van der Waals surface area contributed by atoms with Crippen molar-refractivity contribution in [3.05, 3.63) is 6.33 Å². The summed E-state index contributed by atoms with van der Waals surface area (Å²) in [4.78, 5) is 11.5. The predicted molar refractivity (Wildman–Crippen MR) is 39.8 cm³/mol. The zero-order chi connectivity index (χ0) is 7.84. The van der Waals surface area contributed by atoms with Gasteiger partial charge >= 0.3 is 5.82 Å². The van der Waals surface area contributed by atoms with Gasteiger partial charge in [0.15, 0.2) is 6.33 Å². The molecule has 0 atom stereocenters.